The number of hydrogen-bond acceptors (Lipinski definition) is 6. The molecule has 0 amide bonds. The number of aliphatic carboxylic acids is 1. The second kappa shape index (κ2) is 9.89. The standard InChI is InChI=1S/C2H14O7Si5/c3-2(4)1-14(5)9-13-8-12-7-11-6-10/h5,14H,1,11-13H2,10H3,(H,3,4). The number of carboxylic acids is 1. The lowest BCUT2D eigenvalue weighted by atomic mass is 10.8. The third-order valence-electron chi connectivity index (χ3n) is 1.06. The van der Waals surface area contributed by atoms with Crippen LogP contribution in [0.2, 0.25) is 6.04 Å². The number of rotatable bonds is 9. The molecule has 0 aliphatic carbocycles. The highest BCUT2D eigenvalue weighted by Crippen LogP contribution is 1.89. The summed E-state index contributed by atoms with van der Waals surface area (Å²) in [5, 5.41) is 8.30. The fourth-order valence-corrected chi connectivity index (χ4v) is 7.44. The van der Waals surface area contributed by atoms with Gasteiger partial charge >= 0.3 is 15.3 Å². The van der Waals surface area contributed by atoms with E-state index >= 15 is 0 Å². The Bertz CT molecular complexity index is 155. The summed E-state index contributed by atoms with van der Waals surface area (Å²) in [5.74, 6) is -1.04. The van der Waals surface area contributed by atoms with Crippen molar-refractivity contribution in [3.05, 3.63) is 0 Å². The second-order valence-corrected chi connectivity index (χ2v) is 11.2. The predicted molar refractivity (Wildman–Crippen MR) is 61.7 cm³/mol. The van der Waals surface area contributed by atoms with Gasteiger partial charge in [-0.15, -0.1) is 0 Å². The van der Waals surface area contributed by atoms with E-state index in [2.05, 4.69) is 0 Å². The maximum Gasteiger partial charge on any atom is 0.320 e. The Kier molecular flexibility index (Phi) is 10.1. The number of hydrogen-bond donors (Lipinski definition) is 2. The molecular formula is C2H14O7Si5. The smallest absolute Gasteiger partial charge is 0.320 e. The first kappa shape index (κ1) is 14.4. The Morgan fingerprint density at radius 1 is 1.36 bits per heavy atom. The van der Waals surface area contributed by atoms with E-state index in [0.717, 1.165) is 0 Å². The van der Waals surface area contributed by atoms with Crippen LogP contribution in [0.25, 0.3) is 0 Å². The topological polar surface area (TPSA) is 94.5 Å². The van der Waals surface area contributed by atoms with Gasteiger partial charge in [-0.2, -0.15) is 0 Å². The van der Waals surface area contributed by atoms with E-state index in [1.54, 1.807) is 0 Å². The molecule has 0 spiro atoms. The highest BCUT2D eigenvalue weighted by molar-refractivity contribution is 6.55. The minimum atomic E-state index is -2.53. The van der Waals surface area contributed by atoms with Crippen LogP contribution in [-0.4, -0.2) is 65.7 Å². The zero-order valence-electron chi connectivity index (χ0n) is 7.84. The minimum Gasteiger partial charge on any atom is -0.481 e. The van der Waals surface area contributed by atoms with E-state index in [1.165, 1.54) is 0 Å². The fourth-order valence-electron chi connectivity index (χ4n) is 0.545. The molecule has 1 atom stereocenters. The van der Waals surface area contributed by atoms with Gasteiger partial charge in [-0.05, 0) is 0 Å². The maximum absolute atomic E-state index is 10.1. The van der Waals surface area contributed by atoms with Crippen LogP contribution in [0.1, 0.15) is 0 Å². The monoisotopic (exact) mass is 290 g/mol. The lowest BCUT2D eigenvalue weighted by Crippen LogP contribution is -2.26. The molecular weight excluding hydrogens is 276 g/mol. The molecule has 0 saturated heterocycles. The second-order valence-electron chi connectivity index (χ2n) is 2.27. The van der Waals surface area contributed by atoms with Crippen molar-refractivity contribution in [2.75, 3.05) is 0 Å². The summed E-state index contributed by atoms with van der Waals surface area (Å²) >= 11 is 0. The number of carboxylic acid groups (broad SMARTS) is 1. The summed E-state index contributed by atoms with van der Waals surface area (Å²) < 4.78 is 19.9. The quantitative estimate of drug-likeness (QED) is 0.323. The van der Waals surface area contributed by atoms with Gasteiger partial charge in [0.15, 0.2) is 0 Å². The molecule has 0 aromatic carbocycles. The third kappa shape index (κ3) is 10.4. The van der Waals surface area contributed by atoms with Crippen molar-refractivity contribution in [3.8, 4) is 0 Å². The van der Waals surface area contributed by atoms with Crippen molar-refractivity contribution in [3.63, 3.8) is 0 Å². The molecule has 0 aliphatic heterocycles. The van der Waals surface area contributed by atoms with Crippen LogP contribution in [-0.2, 0) is 21.3 Å². The first-order valence-corrected chi connectivity index (χ1v) is 9.91. The van der Waals surface area contributed by atoms with E-state index in [1.807, 2.05) is 0 Å². The van der Waals surface area contributed by atoms with Crippen molar-refractivity contribution in [1.29, 1.82) is 0 Å². The summed E-state index contributed by atoms with van der Waals surface area (Å²) in [6.45, 7) is 0. The zero-order chi connectivity index (χ0) is 10.8. The first-order valence-electron chi connectivity index (χ1n) is 3.82. The van der Waals surface area contributed by atoms with Gasteiger partial charge in [0.1, 0.15) is 10.5 Å². The highest BCUT2D eigenvalue weighted by Gasteiger charge is 2.12. The van der Waals surface area contributed by atoms with Gasteiger partial charge < -0.3 is 26.4 Å². The van der Waals surface area contributed by atoms with Crippen molar-refractivity contribution < 1.29 is 31.2 Å². The maximum atomic E-state index is 10.1. The summed E-state index contributed by atoms with van der Waals surface area (Å²) in [6.07, 6.45) is 0. The van der Waals surface area contributed by atoms with Crippen molar-refractivity contribution in [2.24, 2.45) is 0 Å². The van der Waals surface area contributed by atoms with Crippen molar-refractivity contribution in [1.82, 2.24) is 0 Å². The van der Waals surface area contributed by atoms with E-state index in [9.17, 15) is 4.79 Å². The third-order valence-corrected chi connectivity index (χ3v) is 7.45. The van der Waals surface area contributed by atoms with Gasteiger partial charge in [-0.25, -0.2) is 0 Å². The molecule has 2 N–H and O–H groups in total. The normalized spacial score (nSPS) is 15.5. The molecule has 12 heteroatoms. The van der Waals surface area contributed by atoms with E-state index < -0.39 is 45.3 Å². The Morgan fingerprint density at radius 3 is 2.57 bits per heavy atom. The fraction of sp³-hybridized carbons (Fsp3) is 0.500. The molecule has 1 unspecified atom stereocenters. The Hall–Kier alpha value is 0.354. The van der Waals surface area contributed by atoms with Gasteiger partial charge in [0, 0.05) is 0 Å². The molecule has 0 heterocycles. The Labute approximate surface area is 93.3 Å². The molecule has 84 valence electrons. The lowest BCUT2D eigenvalue weighted by Gasteiger charge is -2.08. The molecule has 0 fully saturated rings. The van der Waals surface area contributed by atoms with Crippen molar-refractivity contribution >= 4 is 55.8 Å². The van der Waals surface area contributed by atoms with Crippen molar-refractivity contribution in [2.45, 2.75) is 6.04 Å². The van der Waals surface area contributed by atoms with Gasteiger partial charge in [0.25, 0.3) is 30.0 Å². The van der Waals surface area contributed by atoms with Crippen LogP contribution in [0.4, 0.5) is 0 Å². The molecule has 0 aromatic heterocycles. The van der Waals surface area contributed by atoms with E-state index in [-0.39, 0.29) is 6.04 Å². The van der Waals surface area contributed by atoms with Crippen LogP contribution >= 0.6 is 0 Å². The van der Waals surface area contributed by atoms with Crippen LogP contribution in [0.15, 0.2) is 0 Å². The average molecular weight is 291 g/mol. The van der Waals surface area contributed by atoms with Crippen LogP contribution in [0.3, 0.4) is 0 Å². The SMILES string of the molecule is O=C(O)C[SiH](O)O[SiH2]O[SiH2]O[SiH2]O[SiH3]. The molecule has 14 heavy (non-hydrogen) atoms. The van der Waals surface area contributed by atoms with Gasteiger partial charge in [0.05, 0.1) is 6.04 Å². The van der Waals surface area contributed by atoms with Crippen LogP contribution in [0.5, 0.6) is 0 Å². The van der Waals surface area contributed by atoms with E-state index in [0.29, 0.717) is 10.5 Å². The Morgan fingerprint density at radius 2 is 2.00 bits per heavy atom. The average Bonchev–Trinajstić information content (AvgIpc) is 2.10. The first-order chi connectivity index (χ1) is 6.66. The molecule has 0 saturated carbocycles. The van der Waals surface area contributed by atoms with Gasteiger partial charge in [-0.3, -0.25) is 4.79 Å². The Balaban J connectivity index is 3.14. The lowest BCUT2D eigenvalue weighted by molar-refractivity contribution is -0.134. The summed E-state index contributed by atoms with van der Waals surface area (Å²) in [7, 11) is -4.92. The molecule has 0 bridgehead atoms. The molecule has 0 aromatic rings. The number of carbonyl (C=O) groups is 1. The van der Waals surface area contributed by atoms with Gasteiger partial charge in [0.2, 0.25) is 0 Å². The zero-order valence-corrected chi connectivity index (χ0v) is 15.2. The molecule has 0 rings (SSSR count). The van der Waals surface area contributed by atoms with Crippen LogP contribution in [0, 0.1) is 0 Å². The minimum absolute atomic E-state index is 0.281. The summed E-state index contributed by atoms with van der Waals surface area (Å²) in [6, 6.07) is -0.281. The molecule has 7 nitrogen and oxygen atoms in total. The summed E-state index contributed by atoms with van der Waals surface area (Å²) in [4.78, 5) is 19.2. The van der Waals surface area contributed by atoms with Crippen LogP contribution < -0.4 is 0 Å². The summed E-state index contributed by atoms with van der Waals surface area (Å²) in [5.41, 5.74) is 0. The molecule has 0 aliphatic rings. The highest BCUT2D eigenvalue weighted by atomic mass is 28.4. The predicted octanol–water partition coefficient (Wildman–Crippen LogP) is -5.37. The van der Waals surface area contributed by atoms with Gasteiger partial charge in [-0.1, -0.05) is 0 Å². The largest absolute Gasteiger partial charge is 0.481 e. The molecule has 0 radical (unpaired) electrons. The van der Waals surface area contributed by atoms with E-state index in [4.69, 9.17) is 26.4 Å².